The largest absolute Gasteiger partial charge is 0.325 e. The smallest absolute Gasteiger partial charge is 0.244 e. The fourth-order valence-electron chi connectivity index (χ4n) is 2.68. The molecule has 2 heterocycles. The van der Waals surface area contributed by atoms with Gasteiger partial charge >= 0.3 is 0 Å². The van der Waals surface area contributed by atoms with Crippen molar-refractivity contribution in [1.82, 2.24) is 14.2 Å². The molecule has 6 nitrogen and oxygen atoms in total. The first-order valence-electron chi connectivity index (χ1n) is 7.23. The molecule has 1 aliphatic rings. The number of pyridine rings is 1. The third-order valence-electron chi connectivity index (χ3n) is 3.84. The monoisotopic (exact) mass is 312 g/mol. The van der Waals surface area contributed by atoms with Crippen LogP contribution < -0.4 is 5.73 Å². The molecule has 21 heavy (non-hydrogen) atoms. The molecular weight excluding hydrogens is 288 g/mol. The molecule has 118 valence electrons. The minimum Gasteiger partial charge on any atom is -0.325 e. The molecule has 2 rings (SSSR count). The first-order chi connectivity index (χ1) is 9.93. The molecule has 0 amide bonds. The second-order valence-corrected chi connectivity index (χ2v) is 7.74. The summed E-state index contributed by atoms with van der Waals surface area (Å²) in [5, 5.41) is 0. The summed E-state index contributed by atoms with van der Waals surface area (Å²) in [4.78, 5) is 6.49. The third-order valence-corrected chi connectivity index (χ3v) is 5.72. The first-order valence-corrected chi connectivity index (χ1v) is 8.67. The van der Waals surface area contributed by atoms with E-state index in [9.17, 15) is 8.42 Å². The van der Waals surface area contributed by atoms with E-state index in [1.807, 2.05) is 14.1 Å². The van der Waals surface area contributed by atoms with Crippen LogP contribution in [0.4, 0.5) is 0 Å². The minimum absolute atomic E-state index is 0.255. The lowest BCUT2D eigenvalue weighted by Crippen LogP contribution is -2.40. The highest BCUT2D eigenvalue weighted by molar-refractivity contribution is 7.89. The van der Waals surface area contributed by atoms with E-state index in [4.69, 9.17) is 5.73 Å². The van der Waals surface area contributed by atoms with Crippen LogP contribution in [-0.2, 0) is 16.6 Å². The molecule has 0 aliphatic carbocycles. The maximum atomic E-state index is 12.6. The molecule has 0 unspecified atom stereocenters. The summed E-state index contributed by atoms with van der Waals surface area (Å²) >= 11 is 0. The number of hydrogen-bond donors (Lipinski definition) is 1. The first kappa shape index (κ1) is 16.4. The van der Waals surface area contributed by atoms with E-state index in [0.29, 0.717) is 31.2 Å². The Bertz CT molecular complexity index is 549. The molecular formula is C14H24N4O2S. The summed E-state index contributed by atoms with van der Waals surface area (Å²) in [6.45, 7) is 2.50. The Kier molecular flexibility index (Phi) is 5.32. The summed E-state index contributed by atoms with van der Waals surface area (Å²) in [5.74, 6) is 0.573. The maximum absolute atomic E-state index is 12.6. The standard InChI is InChI=1S/C14H24N4O2S/c1-17(2)11-12-5-7-18(8-6-12)21(19,20)14-4-3-13(9-15)16-10-14/h3-4,10,12H,5-9,11,15H2,1-2H3. The van der Waals surface area contributed by atoms with Gasteiger partial charge in [-0.2, -0.15) is 4.31 Å². The molecule has 1 aliphatic heterocycles. The quantitative estimate of drug-likeness (QED) is 0.856. The molecule has 1 fully saturated rings. The molecule has 0 aromatic carbocycles. The number of aromatic nitrogens is 1. The van der Waals surface area contributed by atoms with Crippen LogP contribution in [0.5, 0.6) is 0 Å². The number of sulfonamides is 1. The Morgan fingerprint density at radius 3 is 2.48 bits per heavy atom. The van der Waals surface area contributed by atoms with Crippen LogP contribution in [0.25, 0.3) is 0 Å². The van der Waals surface area contributed by atoms with Gasteiger partial charge in [-0.3, -0.25) is 4.98 Å². The summed E-state index contributed by atoms with van der Waals surface area (Å²) < 4.78 is 26.7. The van der Waals surface area contributed by atoms with Gasteiger partial charge in [0.15, 0.2) is 0 Å². The highest BCUT2D eigenvalue weighted by Gasteiger charge is 2.29. The highest BCUT2D eigenvalue weighted by Crippen LogP contribution is 2.23. The van der Waals surface area contributed by atoms with Gasteiger partial charge in [0.25, 0.3) is 0 Å². The van der Waals surface area contributed by atoms with E-state index in [2.05, 4.69) is 9.88 Å². The van der Waals surface area contributed by atoms with E-state index in [0.717, 1.165) is 19.4 Å². The van der Waals surface area contributed by atoms with Crippen molar-refractivity contribution in [2.24, 2.45) is 11.7 Å². The summed E-state index contributed by atoms with van der Waals surface area (Å²) in [7, 11) is 0.676. The molecule has 1 aromatic heterocycles. The number of rotatable bonds is 5. The lowest BCUT2D eigenvalue weighted by Gasteiger charge is -2.32. The summed E-state index contributed by atoms with van der Waals surface area (Å²) in [6, 6.07) is 3.27. The van der Waals surface area contributed by atoms with Gasteiger partial charge in [-0.1, -0.05) is 0 Å². The van der Waals surface area contributed by atoms with Crippen LogP contribution in [0.2, 0.25) is 0 Å². The van der Waals surface area contributed by atoms with Gasteiger partial charge in [-0.15, -0.1) is 0 Å². The zero-order chi connectivity index (χ0) is 15.5. The SMILES string of the molecule is CN(C)CC1CCN(S(=O)(=O)c2ccc(CN)nc2)CC1. The maximum Gasteiger partial charge on any atom is 0.244 e. The Hall–Kier alpha value is -1.02. The van der Waals surface area contributed by atoms with Crippen molar-refractivity contribution in [3.05, 3.63) is 24.0 Å². The molecule has 0 spiro atoms. The van der Waals surface area contributed by atoms with Crippen LogP contribution in [0, 0.1) is 5.92 Å². The Balaban J connectivity index is 2.03. The van der Waals surface area contributed by atoms with E-state index in [1.54, 1.807) is 16.4 Å². The zero-order valence-corrected chi connectivity index (χ0v) is 13.5. The predicted molar refractivity (Wildman–Crippen MR) is 82.2 cm³/mol. The number of piperidine rings is 1. The molecule has 1 aromatic rings. The lowest BCUT2D eigenvalue weighted by atomic mass is 9.98. The second-order valence-electron chi connectivity index (χ2n) is 5.80. The van der Waals surface area contributed by atoms with Crippen LogP contribution in [-0.4, -0.2) is 56.3 Å². The van der Waals surface area contributed by atoms with Crippen molar-refractivity contribution in [1.29, 1.82) is 0 Å². The number of hydrogen-bond acceptors (Lipinski definition) is 5. The van der Waals surface area contributed by atoms with Gasteiger partial charge in [0, 0.05) is 32.4 Å². The Morgan fingerprint density at radius 2 is 2.00 bits per heavy atom. The normalized spacial score (nSPS) is 18.3. The van der Waals surface area contributed by atoms with E-state index in [-0.39, 0.29) is 4.90 Å². The summed E-state index contributed by atoms with van der Waals surface area (Å²) in [6.07, 6.45) is 3.22. The van der Waals surface area contributed by atoms with Crippen molar-refractivity contribution in [3.8, 4) is 0 Å². The average molecular weight is 312 g/mol. The molecule has 2 N–H and O–H groups in total. The Labute approximate surface area is 127 Å². The van der Waals surface area contributed by atoms with Crippen molar-refractivity contribution < 1.29 is 8.42 Å². The molecule has 0 radical (unpaired) electrons. The van der Waals surface area contributed by atoms with E-state index < -0.39 is 10.0 Å². The van der Waals surface area contributed by atoms with Crippen LogP contribution in [0.15, 0.2) is 23.2 Å². The highest BCUT2D eigenvalue weighted by atomic mass is 32.2. The van der Waals surface area contributed by atoms with E-state index in [1.165, 1.54) is 6.20 Å². The van der Waals surface area contributed by atoms with Gasteiger partial charge < -0.3 is 10.6 Å². The fourth-order valence-corrected chi connectivity index (χ4v) is 4.10. The average Bonchev–Trinajstić information content (AvgIpc) is 2.47. The van der Waals surface area contributed by atoms with Gasteiger partial charge in [0.05, 0.1) is 5.69 Å². The van der Waals surface area contributed by atoms with Gasteiger partial charge in [-0.05, 0) is 45.0 Å². The van der Waals surface area contributed by atoms with Gasteiger partial charge in [0.1, 0.15) is 4.90 Å². The van der Waals surface area contributed by atoms with E-state index >= 15 is 0 Å². The molecule has 1 saturated heterocycles. The van der Waals surface area contributed by atoms with Crippen LogP contribution >= 0.6 is 0 Å². The molecule has 0 bridgehead atoms. The molecule has 0 atom stereocenters. The zero-order valence-electron chi connectivity index (χ0n) is 12.7. The molecule has 0 saturated carbocycles. The van der Waals surface area contributed by atoms with Crippen molar-refractivity contribution in [2.45, 2.75) is 24.3 Å². The van der Waals surface area contributed by atoms with Crippen molar-refractivity contribution >= 4 is 10.0 Å². The van der Waals surface area contributed by atoms with Crippen LogP contribution in [0.3, 0.4) is 0 Å². The fraction of sp³-hybridized carbons (Fsp3) is 0.643. The number of nitrogens with two attached hydrogens (primary N) is 1. The third kappa shape index (κ3) is 4.00. The molecule has 7 heteroatoms. The van der Waals surface area contributed by atoms with Crippen molar-refractivity contribution in [3.63, 3.8) is 0 Å². The predicted octanol–water partition coefficient (Wildman–Crippen LogP) is 0.503. The topological polar surface area (TPSA) is 79.5 Å². The minimum atomic E-state index is -3.42. The lowest BCUT2D eigenvalue weighted by molar-refractivity contribution is 0.225. The van der Waals surface area contributed by atoms with Crippen molar-refractivity contribution in [2.75, 3.05) is 33.7 Å². The Morgan fingerprint density at radius 1 is 1.33 bits per heavy atom. The number of nitrogens with zero attached hydrogens (tertiary/aromatic N) is 3. The van der Waals surface area contributed by atoms with Gasteiger partial charge in [-0.25, -0.2) is 8.42 Å². The van der Waals surface area contributed by atoms with Crippen LogP contribution in [0.1, 0.15) is 18.5 Å². The van der Waals surface area contributed by atoms with Gasteiger partial charge in [0.2, 0.25) is 10.0 Å². The summed E-state index contributed by atoms with van der Waals surface area (Å²) in [5.41, 5.74) is 6.17. The second kappa shape index (κ2) is 6.83.